The Morgan fingerprint density at radius 2 is 0.811 bits per heavy atom. The molecule has 95 heavy (non-hydrogen) atoms. The molecule has 0 aliphatic rings. The van der Waals surface area contributed by atoms with Crippen molar-refractivity contribution in [1.29, 1.82) is 0 Å². The molecule has 0 saturated heterocycles. The van der Waals surface area contributed by atoms with E-state index in [1.54, 1.807) is 14.2 Å². The molecule has 0 amide bonds. The molecule has 4 atom stereocenters. The van der Waals surface area contributed by atoms with Crippen molar-refractivity contribution in [2.45, 2.75) is 206 Å². The van der Waals surface area contributed by atoms with Crippen molar-refractivity contribution in [3.05, 3.63) is 170 Å². The predicted molar refractivity (Wildman–Crippen MR) is 372 cm³/mol. The van der Waals surface area contributed by atoms with Crippen LogP contribution < -0.4 is 28.4 Å². The molecule has 6 aromatic rings. The van der Waals surface area contributed by atoms with Gasteiger partial charge in [-0.05, 0) is 139 Å². The smallest absolute Gasteiger partial charge is 0.302 e. The highest BCUT2D eigenvalue weighted by molar-refractivity contribution is 5.67. The van der Waals surface area contributed by atoms with Gasteiger partial charge in [0.1, 0.15) is 98.9 Å². The molecule has 0 fully saturated rings. The van der Waals surface area contributed by atoms with Crippen LogP contribution in [0.15, 0.2) is 97.1 Å². The zero-order chi connectivity index (χ0) is 69.0. The molecular formula is C77H111FO17. The SMILES string of the molecule is C.C.CCC(C)(C)c1ccc(OCCOc2c(C(C)OC)cc(C(C)(C)C)cc2C(C)OC)cc1.CCC(C)c1ccc(OCCOc2c(CO)c(CO)c(O)c(CO)c2CO)cc1.CCC(C)c1ccc(OCCOc2c(COC(C)=O)cc(F)cc2COC(C)=O)cc1. The van der Waals surface area contributed by atoms with E-state index in [4.69, 9.17) is 47.4 Å². The summed E-state index contributed by atoms with van der Waals surface area (Å²) >= 11 is 0. The van der Waals surface area contributed by atoms with Gasteiger partial charge in [-0.3, -0.25) is 9.59 Å². The van der Waals surface area contributed by atoms with Gasteiger partial charge in [-0.1, -0.05) is 120 Å². The average molecular weight is 1330 g/mol. The van der Waals surface area contributed by atoms with Crippen LogP contribution >= 0.6 is 0 Å². The molecule has 6 rings (SSSR count). The Balaban J connectivity index is 0.000000481. The Morgan fingerprint density at radius 3 is 1.13 bits per heavy atom. The Bertz CT molecular complexity index is 3130. The summed E-state index contributed by atoms with van der Waals surface area (Å²) in [5, 5.41) is 48.7. The number of aromatic hydroxyl groups is 1. The number of benzene rings is 6. The van der Waals surface area contributed by atoms with Crippen molar-refractivity contribution in [2.24, 2.45) is 0 Å². The number of methoxy groups -OCH3 is 2. The summed E-state index contributed by atoms with van der Waals surface area (Å²) in [6.07, 6.45) is 3.03. The fourth-order valence-corrected chi connectivity index (χ4v) is 9.75. The molecule has 0 aliphatic heterocycles. The van der Waals surface area contributed by atoms with Crippen LogP contribution in [0.5, 0.6) is 40.2 Å². The van der Waals surface area contributed by atoms with Crippen LogP contribution in [0.1, 0.15) is 222 Å². The van der Waals surface area contributed by atoms with E-state index in [0.717, 1.165) is 47.6 Å². The number of carbonyl (C=O) groups excluding carboxylic acids is 2. The number of carbonyl (C=O) groups is 2. The van der Waals surface area contributed by atoms with Crippen LogP contribution in [-0.2, 0) is 79.0 Å². The van der Waals surface area contributed by atoms with E-state index in [1.807, 2.05) is 74.5 Å². The first-order valence-corrected chi connectivity index (χ1v) is 32.0. The molecule has 5 N–H and O–H groups in total. The first-order chi connectivity index (χ1) is 44.2. The lowest BCUT2D eigenvalue weighted by Gasteiger charge is -2.27. The molecular weight excluding hydrogens is 1220 g/mol. The third kappa shape index (κ3) is 25.2. The molecule has 6 aromatic carbocycles. The van der Waals surface area contributed by atoms with Gasteiger partial charge in [0, 0.05) is 72.6 Å². The van der Waals surface area contributed by atoms with Gasteiger partial charge in [-0.25, -0.2) is 4.39 Å². The van der Waals surface area contributed by atoms with Crippen LogP contribution in [-0.4, -0.2) is 91.3 Å². The normalized spacial score (nSPS) is 12.3. The largest absolute Gasteiger partial charge is 0.507 e. The van der Waals surface area contributed by atoms with E-state index in [0.29, 0.717) is 47.7 Å². The van der Waals surface area contributed by atoms with Gasteiger partial charge in [-0.15, -0.1) is 0 Å². The lowest BCUT2D eigenvalue weighted by atomic mass is 9.82. The minimum atomic E-state index is -0.547. The van der Waals surface area contributed by atoms with Crippen molar-refractivity contribution >= 4 is 11.9 Å². The van der Waals surface area contributed by atoms with Gasteiger partial charge >= 0.3 is 11.9 Å². The number of phenols is 1. The quantitative estimate of drug-likeness (QED) is 0.0191. The summed E-state index contributed by atoms with van der Waals surface area (Å²) in [7, 11) is 3.45. The van der Waals surface area contributed by atoms with E-state index in [1.165, 1.54) is 48.2 Å². The minimum absolute atomic E-state index is 0. The monoisotopic (exact) mass is 1330 g/mol. The van der Waals surface area contributed by atoms with E-state index in [9.17, 15) is 39.5 Å². The van der Waals surface area contributed by atoms with E-state index >= 15 is 0 Å². The summed E-state index contributed by atoms with van der Waals surface area (Å²) in [6, 6.07) is 31.0. The van der Waals surface area contributed by atoms with Gasteiger partial charge in [0.25, 0.3) is 0 Å². The van der Waals surface area contributed by atoms with Crippen molar-refractivity contribution in [3.63, 3.8) is 0 Å². The number of esters is 2. The Labute approximate surface area is 565 Å². The fraction of sp³-hybridized carbons (Fsp3) is 0.506. The van der Waals surface area contributed by atoms with Crippen molar-refractivity contribution in [1.82, 2.24) is 0 Å². The van der Waals surface area contributed by atoms with Crippen LogP contribution in [0.25, 0.3) is 0 Å². The number of hydrogen-bond donors (Lipinski definition) is 5. The zero-order valence-electron chi connectivity index (χ0n) is 57.7. The van der Waals surface area contributed by atoms with Gasteiger partial charge in [0.05, 0.1) is 38.6 Å². The molecule has 0 saturated carbocycles. The van der Waals surface area contributed by atoms with Crippen molar-refractivity contribution in [3.8, 4) is 40.2 Å². The zero-order valence-corrected chi connectivity index (χ0v) is 57.7. The van der Waals surface area contributed by atoms with E-state index in [-0.39, 0.29) is 111 Å². The average Bonchev–Trinajstić information content (AvgIpc) is 0.801. The van der Waals surface area contributed by atoms with Gasteiger partial charge < -0.3 is 72.9 Å². The first kappa shape index (κ1) is 83.6. The fourth-order valence-electron chi connectivity index (χ4n) is 9.75. The molecule has 0 heterocycles. The summed E-state index contributed by atoms with van der Waals surface area (Å²) in [4.78, 5) is 22.3. The van der Waals surface area contributed by atoms with Crippen molar-refractivity contribution < 1.29 is 86.9 Å². The summed E-state index contributed by atoms with van der Waals surface area (Å²) < 4.78 is 70.6. The predicted octanol–water partition coefficient (Wildman–Crippen LogP) is 16.1. The molecule has 4 unspecified atom stereocenters. The molecule has 17 nitrogen and oxygen atoms in total. The molecule has 0 spiro atoms. The number of halogens is 1. The Kier molecular flexibility index (Phi) is 36.5. The molecule has 18 heteroatoms. The summed E-state index contributed by atoms with van der Waals surface area (Å²) in [5.41, 5.74) is 8.45. The molecule has 0 aromatic heterocycles. The molecule has 0 radical (unpaired) electrons. The van der Waals surface area contributed by atoms with Gasteiger partial charge in [-0.2, -0.15) is 0 Å². The number of rotatable bonds is 33. The van der Waals surface area contributed by atoms with E-state index < -0.39 is 44.2 Å². The summed E-state index contributed by atoms with van der Waals surface area (Å²) in [6.45, 7) is 27.8. The standard InChI is InChI=1S/C29H44O4.C24H29FO6.C22H30O7.2CH4/c1-11-29(7,8)22-12-14-24(15-13-22)32-16-17-33-27-25(20(2)30-9)18-23(28(4,5)6)19-26(27)21(3)31-10;1-5-16(2)19-6-8-23(9-7-19)28-10-11-29-24-20(14-30-17(3)26)12-22(25)13-21(24)15-31-18(4)27;1-3-14(2)15-4-6-16(7-5-15)28-8-9-29-22-19(12-25)17(10-23)21(27)18(11-24)20(22)13-26;;/h12-15,18-21H,11,16-17H2,1-10H3;6-9,12-13,16H,5,10-11,14-15H2,1-4H3;4-7,14,23-27H,3,8-13H2,1-2H3;2*1H4. The molecule has 0 bridgehead atoms. The van der Waals surface area contributed by atoms with Gasteiger partial charge in [0.15, 0.2) is 0 Å². The number of ether oxygens (including phenoxy) is 10. The summed E-state index contributed by atoms with van der Waals surface area (Å²) in [5.74, 6) is 2.61. The highest BCUT2D eigenvalue weighted by atomic mass is 19.1. The Hall–Kier alpha value is -7.45. The topological polar surface area (TPSA) is 228 Å². The number of aliphatic hydroxyl groups excluding tert-OH is 4. The first-order valence-electron chi connectivity index (χ1n) is 32.0. The second kappa shape index (κ2) is 41.5. The highest BCUT2D eigenvalue weighted by Crippen LogP contribution is 2.41. The number of hydrogen-bond acceptors (Lipinski definition) is 17. The maximum Gasteiger partial charge on any atom is 0.302 e. The van der Waals surface area contributed by atoms with Crippen molar-refractivity contribution in [2.75, 3.05) is 53.9 Å². The second-order valence-corrected chi connectivity index (χ2v) is 24.4. The maximum absolute atomic E-state index is 14.0. The van der Waals surface area contributed by atoms with Crippen LogP contribution in [0.2, 0.25) is 0 Å². The molecule has 528 valence electrons. The third-order valence-corrected chi connectivity index (χ3v) is 16.6. The number of aliphatic hydroxyl groups is 4. The van der Waals surface area contributed by atoms with Crippen LogP contribution in [0.3, 0.4) is 0 Å². The van der Waals surface area contributed by atoms with Crippen LogP contribution in [0.4, 0.5) is 4.39 Å². The van der Waals surface area contributed by atoms with E-state index in [2.05, 4.69) is 93.5 Å². The van der Waals surface area contributed by atoms with Gasteiger partial charge in [0.2, 0.25) is 0 Å². The third-order valence-electron chi connectivity index (χ3n) is 16.6. The Morgan fingerprint density at radius 1 is 0.474 bits per heavy atom. The lowest BCUT2D eigenvalue weighted by Crippen LogP contribution is -2.17. The maximum atomic E-state index is 14.0. The lowest BCUT2D eigenvalue weighted by molar-refractivity contribution is -0.142. The highest BCUT2D eigenvalue weighted by Gasteiger charge is 2.27. The molecule has 0 aliphatic carbocycles. The second-order valence-electron chi connectivity index (χ2n) is 24.4. The minimum Gasteiger partial charge on any atom is -0.507 e. The van der Waals surface area contributed by atoms with Crippen LogP contribution in [0, 0.1) is 5.82 Å².